The number of nitrogens with two attached hydrogens (primary N) is 1. The van der Waals surface area contributed by atoms with Gasteiger partial charge in [-0.25, -0.2) is 19.6 Å². The maximum Gasteiger partial charge on any atom is 0.298 e. The molecule has 1 saturated heterocycles. The third-order valence-corrected chi connectivity index (χ3v) is 6.01. The van der Waals surface area contributed by atoms with Crippen molar-refractivity contribution in [3.8, 4) is 34.7 Å². The normalized spacial score (nSPS) is 15.5. The minimum absolute atomic E-state index is 0.0351. The number of fused-ring (bicyclic) bond motifs is 1. The van der Waals surface area contributed by atoms with Crippen LogP contribution in [0.2, 0.25) is 0 Å². The van der Waals surface area contributed by atoms with Crippen molar-refractivity contribution in [2.45, 2.75) is 32.7 Å². The van der Waals surface area contributed by atoms with Crippen LogP contribution in [0.25, 0.3) is 22.3 Å². The molecule has 1 aromatic carbocycles. The zero-order valence-corrected chi connectivity index (χ0v) is 19.6. The van der Waals surface area contributed by atoms with Crippen molar-refractivity contribution in [1.82, 2.24) is 29.6 Å². The van der Waals surface area contributed by atoms with Crippen LogP contribution in [-0.2, 0) is 4.79 Å². The number of amides is 1. The summed E-state index contributed by atoms with van der Waals surface area (Å²) in [6, 6.07) is 11.3. The lowest BCUT2D eigenvalue weighted by atomic mass is 10.1. The first-order chi connectivity index (χ1) is 17.0. The number of hydrogen-bond donors (Lipinski definition) is 1. The highest BCUT2D eigenvalue weighted by Gasteiger charge is 2.28. The molecule has 1 aliphatic heterocycles. The van der Waals surface area contributed by atoms with Crippen LogP contribution in [0.3, 0.4) is 0 Å². The summed E-state index contributed by atoms with van der Waals surface area (Å²) in [6.07, 6.45) is 4.94. The van der Waals surface area contributed by atoms with Gasteiger partial charge in [0.2, 0.25) is 5.88 Å². The molecule has 1 unspecified atom stereocenters. The number of ether oxygens (including phenoxy) is 1. The number of aromatic nitrogens is 5. The van der Waals surface area contributed by atoms with Gasteiger partial charge in [0.25, 0.3) is 5.91 Å². The van der Waals surface area contributed by atoms with Crippen molar-refractivity contribution >= 4 is 22.8 Å². The van der Waals surface area contributed by atoms with Gasteiger partial charge in [-0.3, -0.25) is 4.79 Å². The zero-order chi connectivity index (χ0) is 24.4. The third kappa shape index (κ3) is 4.51. The Hall–Kier alpha value is -4.45. The Morgan fingerprint density at radius 2 is 1.97 bits per heavy atom. The summed E-state index contributed by atoms with van der Waals surface area (Å²) in [6.45, 7) is 4.85. The maximum atomic E-state index is 12.4. The van der Waals surface area contributed by atoms with E-state index in [0.29, 0.717) is 47.3 Å². The minimum Gasteiger partial charge on any atom is -0.439 e. The lowest BCUT2D eigenvalue weighted by molar-refractivity contribution is -0.126. The summed E-state index contributed by atoms with van der Waals surface area (Å²) < 4.78 is 7.73. The van der Waals surface area contributed by atoms with E-state index in [4.69, 9.17) is 15.6 Å². The number of rotatable bonds is 4. The molecule has 35 heavy (non-hydrogen) atoms. The van der Waals surface area contributed by atoms with Crippen LogP contribution in [0.4, 0.5) is 5.82 Å². The molecule has 2 N–H and O–H groups in total. The lowest BCUT2D eigenvalue weighted by Gasteiger charge is -2.31. The molecule has 0 radical (unpaired) electrons. The van der Waals surface area contributed by atoms with Crippen LogP contribution in [-0.4, -0.2) is 48.6 Å². The number of benzene rings is 1. The van der Waals surface area contributed by atoms with Crippen LogP contribution in [0.1, 0.15) is 31.4 Å². The Morgan fingerprint density at radius 3 is 2.71 bits per heavy atom. The van der Waals surface area contributed by atoms with Crippen molar-refractivity contribution in [1.29, 1.82) is 0 Å². The zero-order valence-electron chi connectivity index (χ0n) is 19.6. The minimum atomic E-state index is -0.165. The molecular formula is C26H25N7O2. The number of aryl methyl sites for hydroxylation is 1. The highest BCUT2D eigenvalue weighted by atomic mass is 16.5. The number of nitrogens with zero attached hydrogens (tertiary/aromatic N) is 6. The number of anilines is 1. The Kier molecular flexibility index (Phi) is 6.02. The summed E-state index contributed by atoms with van der Waals surface area (Å²) in [7, 11) is 0. The molecule has 9 nitrogen and oxygen atoms in total. The number of carbonyl (C=O) groups excluding carboxylic acids is 1. The summed E-state index contributed by atoms with van der Waals surface area (Å²) >= 11 is 0. The molecule has 0 bridgehead atoms. The summed E-state index contributed by atoms with van der Waals surface area (Å²) in [5.41, 5.74) is 9.55. The van der Waals surface area contributed by atoms with E-state index in [1.165, 1.54) is 6.33 Å². The number of hydrogen-bond acceptors (Lipinski definition) is 7. The molecule has 5 rings (SSSR count). The molecule has 0 aliphatic carbocycles. The van der Waals surface area contributed by atoms with Crippen LogP contribution < -0.4 is 10.5 Å². The fourth-order valence-electron chi connectivity index (χ4n) is 4.29. The standard InChI is InChI=1S/C26H25N7O2/c1-3-5-22(34)32-13-4-6-19(15-32)33-26-23(25(27)29-16-30-26)24(31-33)18-8-10-20(11-9-18)35-21-12-7-17(2)14-28-21/h7-12,14,16,19H,4,6,13,15H2,1-2H3,(H2,27,29,30). The Bertz CT molecular complexity index is 1430. The van der Waals surface area contributed by atoms with E-state index in [1.54, 1.807) is 18.0 Å². The predicted octanol–water partition coefficient (Wildman–Crippen LogP) is 3.76. The van der Waals surface area contributed by atoms with Crippen molar-refractivity contribution < 1.29 is 9.53 Å². The molecule has 1 atom stereocenters. The molecule has 1 fully saturated rings. The monoisotopic (exact) mass is 467 g/mol. The fourth-order valence-corrected chi connectivity index (χ4v) is 4.29. The van der Waals surface area contributed by atoms with Gasteiger partial charge < -0.3 is 15.4 Å². The number of nitrogen functional groups attached to an aromatic ring is 1. The second-order valence-electron chi connectivity index (χ2n) is 8.47. The molecular weight excluding hydrogens is 442 g/mol. The van der Waals surface area contributed by atoms with Gasteiger partial charge in [-0.1, -0.05) is 12.0 Å². The number of piperidine rings is 1. The molecule has 1 aliphatic rings. The molecule has 176 valence electrons. The summed E-state index contributed by atoms with van der Waals surface area (Å²) in [5.74, 6) is 6.71. The first-order valence-corrected chi connectivity index (χ1v) is 11.4. The second-order valence-corrected chi connectivity index (χ2v) is 8.47. The van der Waals surface area contributed by atoms with Gasteiger partial charge in [0.15, 0.2) is 5.65 Å². The van der Waals surface area contributed by atoms with Crippen molar-refractivity contribution in [2.75, 3.05) is 18.8 Å². The van der Waals surface area contributed by atoms with Gasteiger partial charge >= 0.3 is 0 Å². The highest BCUT2D eigenvalue weighted by molar-refractivity contribution is 5.98. The van der Waals surface area contributed by atoms with Gasteiger partial charge in [0, 0.05) is 30.9 Å². The van der Waals surface area contributed by atoms with Gasteiger partial charge in [0.1, 0.15) is 23.6 Å². The van der Waals surface area contributed by atoms with E-state index < -0.39 is 0 Å². The molecule has 9 heteroatoms. The van der Waals surface area contributed by atoms with E-state index in [9.17, 15) is 4.79 Å². The Balaban J connectivity index is 1.47. The largest absolute Gasteiger partial charge is 0.439 e. The molecule has 4 heterocycles. The van der Waals surface area contributed by atoms with Crippen LogP contribution in [0.15, 0.2) is 48.9 Å². The average molecular weight is 468 g/mol. The van der Waals surface area contributed by atoms with E-state index in [1.807, 2.05) is 48.0 Å². The summed E-state index contributed by atoms with van der Waals surface area (Å²) in [4.78, 5) is 27.1. The van der Waals surface area contributed by atoms with Crippen LogP contribution >= 0.6 is 0 Å². The fraction of sp³-hybridized carbons (Fsp3) is 0.269. The van der Waals surface area contributed by atoms with Crippen molar-refractivity contribution in [3.63, 3.8) is 0 Å². The topological polar surface area (TPSA) is 112 Å². The number of likely N-dealkylation sites (tertiary alicyclic amines) is 1. The predicted molar refractivity (Wildman–Crippen MR) is 133 cm³/mol. The molecule has 4 aromatic rings. The lowest BCUT2D eigenvalue weighted by Crippen LogP contribution is -2.40. The summed E-state index contributed by atoms with van der Waals surface area (Å²) in [5, 5.41) is 5.61. The van der Waals surface area contributed by atoms with Gasteiger partial charge in [0.05, 0.1) is 11.4 Å². The number of carbonyl (C=O) groups is 1. The van der Waals surface area contributed by atoms with E-state index in [-0.39, 0.29) is 11.9 Å². The smallest absolute Gasteiger partial charge is 0.298 e. The van der Waals surface area contributed by atoms with E-state index in [0.717, 1.165) is 24.0 Å². The SMILES string of the molecule is CC#CC(=O)N1CCCC(n2nc(-c3ccc(Oc4ccc(C)cn4)cc3)c3c(N)ncnc32)C1. The number of pyridine rings is 1. The van der Waals surface area contributed by atoms with Gasteiger partial charge in [-0.2, -0.15) is 5.10 Å². The molecule has 3 aromatic heterocycles. The third-order valence-electron chi connectivity index (χ3n) is 6.01. The molecule has 0 spiro atoms. The van der Waals surface area contributed by atoms with Crippen molar-refractivity contribution in [2.24, 2.45) is 0 Å². The van der Waals surface area contributed by atoms with Crippen LogP contribution in [0, 0.1) is 18.8 Å². The first-order valence-electron chi connectivity index (χ1n) is 11.4. The molecule has 1 amide bonds. The first kappa shape index (κ1) is 22.3. The molecule has 0 saturated carbocycles. The van der Waals surface area contributed by atoms with Crippen LogP contribution in [0.5, 0.6) is 11.6 Å². The van der Waals surface area contributed by atoms with Gasteiger partial charge in [-0.15, -0.1) is 0 Å². The van der Waals surface area contributed by atoms with Crippen molar-refractivity contribution in [3.05, 3.63) is 54.5 Å². The highest BCUT2D eigenvalue weighted by Crippen LogP contribution is 2.34. The van der Waals surface area contributed by atoms with E-state index in [2.05, 4.69) is 26.8 Å². The maximum absolute atomic E-state index is 12.4. The average Bonchev–Trinajstić information content (AvgIpc) is 3.27. The quantitative estimate of drug-likeness (QED) is 0.455. The Labute approximate surface area is 203 Å². The second kappa shape index (κ2) is 9.43. The van der Waals surface area contributed by atoms with E-state index >= 15 is 0 Å². The Morgan fingerprint density at radius 1 is 1.14 bits per heavy atom. The van der Waals surface area contributed by atoms with Gasteiger partial charge in [-0.05, 0) is 62.4 Å².